The first-order chi connectivity index (χ1) is 9.67. The van der Waals surface area contributed by atoms with E-state index in [0.717, 1.165) is 16.7 Å². The molecule has 2 rings (SSSR count). The van der Waals surface area contributed by atoms with Gasteiger partial charge in [-0.2, -0.15) is 0 Å². The fourth-order valence-corrected chi connectivity index (χ4v) is 2.54. The van der Waals surface area contributed by atoms with Crippen molar-refractivity contribution < 1.29 is 9.59 Å². The first-order valence-corrected chi connectivity index (χ1v) is 7.30. The number of thioether (sulfide) groups is 1. The van der Waals surface area contributed by atoms with Crippen molar-refractivity contribution in [2.24, 2.45) is 0 Å². The lowest BCUT2D eigenvalue weighted by Crippen LogP contribution is -1.95. The summed E-state index contributed by atoms with van der Waals surface area (Å²) < 4.78 is 0. The van der Waals surface area contributed by atoms with Crippen LogP contribution in [0.15, 0.2) is 53.4 Å². The van der Waals surface area contributed by atoms with Crippen molar-refractivity contribution in [1.29, 1.82) is 0 Å². The Labute approximate surface area is 123 Å². The number of aryl methyl sites for hydroxylation is 2. The average molecular weight is 284 g/mol. The number of carbonyl (C=O) groups excluding carboxylic acids is 2. The van der Waals surface area contributed by atoms with E-state index in [1.165, 1.54) is 17.3 Å². The van der Waals surface area contributed by atoms with E-state index in [4.69, 9.17) is 0 Å². The summed E-state index contributed by atoms with van der Waals surface area (Å²) >= 11 is 1.28. The summed E-state index contributed by atoms with van der Waals surface area (Å²) in [5.74, 6) is 0. The van der Waals surface area contributed by atoms with Gasteiger partial charge < -0.3 is 0 Å². The standard InChI is InChI=1S/C17H16O2S/c1-13-2-9-16(10-3-13)20-17(19)11-8-14-4-6-15(12-18)7-5-14/h2-7,9-10,12H,8,11H2,1H3. The Kier molecular flexibility index (Phi) is 5.13. The van der Waals surface area contributed by atoms with Crippen molar-refractivity contribution in [2.45, 2.75) is 24.7 Å². The molecule has 3 heteroatoms. The monoisotopic (exact) mass is 284 g/mol. The van der Waals surface area contributed by atoms with E-state index >= 15 is 0 Å². The van der Waals surface area contributed by atoms with E-state index in [1.807, 2.05) is 43.3 Å². The normalized spacial score (nSPS) is 10.2. The third kappa shape index (κ3) is 4.35. The molecule has 20 heavy (non-hydrogen) atoms. The number of benzene rings is 2. The molecule has 0 aliphatic carbocycles. The van der Waals surface area contributed by atoms with Crippen molar-refractivity contribution in [3.8, 4) is 0 Å². The third-order valence-electron chi connectivity index (χ3n) is 2.99. The van der Waals surface area contributed by atoms with Gasteiger partial charge in [-0.05, 0) is 31.0 Å². The van der Waals surface area contributed by atoms with Crippen molar-refractivity contribution in [2.75, 3.05) is 0 Å². The quantitative estimate of drug-likeness (QED) is 0.613. The molecular formula is C17H16O2S. The summed E-state index contributed by atoms with van der Waals surface area (Å²) in [6, 6.07) is 15.3. The molecule has 0 N–H and O–H groups in total. The molecule has 0 aliphatic heterocycles. The van der Waals surface area contributed by atoms with E-state index in [9.17, 15) is 9.59 Å². The predicted octanol–water partition coefficient (Wildman–Crippen LogP) is 4.06. The number of aldehydes is 1. The Morgan fingerprint density at radius 1 is 1.05 bits per heavy atom. The molecule has 2 aromatic carbocycles. The third-order valence-corrected chi connectivity index (χ3v) is 3.93. The van der Waals surface area contributed by atoms with Crippen LogP contribution in [0, 0.1) is 6.92 Å². The highest BCUT2D eigenvalue weighted by Gasteiger charge is 2.05. The summed E-state index contributed by atoms with van der Waals surface area (Å²) in [5, 5.41) is 0.160. The molecule has 2 nitrogen and oxygen atoms in total. The molecule has 0 bridgehead atoms. The van der Waals surface area contributed by atoms with Gasteiger partial charge in [0.2, 0.25) is 0 Å². The number of hydrogen-bond acceptors (Lipinski definition) is 3. The van der Waals surface area contributed by atoms with Gasteiger partial charge in [-0.1, -0.05) is 53.7 Å². The predicted molar refractivity (Wildman–Crippen MR) is 82.2 cm³/mol. The molecule has 102 valence electrons. The first-order valence-electron chi connectivity index (χ1n) is 6.49. The molecule has 0 saturated heterocycles. The molecule has 0 atom stereocenters. The Morgan fingerprint density at radius 2 is 1.70 bits per heavy atom. The van der Waals surface area contributed by atoms with E-state index in [2.05, 4.69) is 0 Å². The minimum Gasteiger partial charge on any atom is -0.298 e. The lowest BCUT2D eigenvalue weighted by Gasteiger charge is -2.02. The van der Waals surface area contributed by atoms with Gasteiger partial charge in [0.05, 0.1) is 0 Å². The molecule has 0 aliphatic rings. The zero-order valence-electron chi connectivity index (χ0n) is 11.3. The van der Waals surface area contributed by atoms with E-state index in [1.54, 1.807) is 12.1 Å². The van der Waals surface area contributed by atoms with Gasteiger partial charge in [-0.3, -0.25) is 9.59 Å². The molecule has 0 aromatic heterocycles. The van der Waals surface area contributed by atoms with Crippen LogP contribution in [0.2, 0.25) is 0 Å². The molecular weight excluding hydrogens is 268 g/mol. The zero-order valence-corrected chi connectivity index (χ0v) is 12.2. The van der Waals surface area contributed by atoms with Crippen LogP contribution < -0.4 is 0 Å². The molecule has 0 heterocycles. The van der Waals surface area contributed by atoms with Crippen LogP contribution in [0.3, 0.4) is 0 Å². The van der Waals surface area contributed by atoms with Crippen LogP contribution >= 0.6 is 11.8 Å². The highest BCUT2D eigenvalue weighted by molar-refractivity contribution is 8.13. The van der Waals surface area contributed by atoms with Gasteiger partial charge in [0.15, 0.2) is 5.12 Å². The van der Waals surface area contributed by atoms with Crippen molar-refractivity contribution >= 4 is 23.2 Å². The Bertz CT molecular complexity index is 585. The van der Waals surface area contributed by atoms with E-state index in [0.29, 0.717) is 18.4 Å². The fourth-order valence-electron chi connectivity index (χ4n) is 1.80. The summed E-state index contributed by atoms with van der Waals surface area (Å²) in [5.41, 5.74) is 2.93. The van der Waals surface area contributed by atoms with Crippen LogP contribution in [-0.2, 0) is 11.2 Å². The lowest BCUT2D eigenvalue weighted by atomic mass is 10.1. The van der Waals surface area contributed by atoms with E-state index in [-0.39, 0.29) is 5.12 Å². The van der Waals surface area contributed by atoms with Crippen molar-refractivity contribution in [3.05, 3.63) is 65.2 Å². The van der Waals surface area contributed by atoms with Crippen LogP contribution in [0.5, 0.6) is 0 Å². The van der Waals surface area contributed by atoms with Gasteiger partial charge in [0.1, 0.15) is 6.29 Å². The molecule has 0 amide bonds. The Hall–Kier alpha value is -1.87. The Morgan fingerprint density at radius 3 is 2.30 bits per heavy atom. The van der Waals surface area contributed by atoms with Gasteiger partial charge in [0, 0.05) is 16.9 Å². The van der Waals surface area contributed by atoms with Gasteiger partial charge in [-0.15, -0.1) is 0 Å². The number of hydrogen-bond donors (Lipinski definition) is 0. The SMILES string of the molecule is Cc1ccc(SC(=O)CCc2ccc(C=O)cc2)cc1. The van der Waals surface area contributed by atoms with Gasteiger partial charge in [-0.25, -0.2) is 0 Å². The first kappa shape index (κ1) is 14.5. The van der Waals surface area contributed by atoms with Crippen LogP contribution in [-0.4, -0.2) is 11.4 Å². The summed E-state index contributed by atoms with van der Waals surface area (Å²) in [6.07, 6.45) is 2.03. The molecule has 0 radical (unpaired) electrons. The largest absolute Gasteiger partial charge is 0.298 e. The highest BCUT2D eigenvalue weighted by atomic mass is 32.2. The van der Waals surface area contributed by atoms with E-state index < -0.39 is 0 Å². The summed E-state index contributed by atoms with van der Waals surface area (Å²) in [7, 11) is 0. The maximum Gasteiger partial charge on any atom is 0.194 e. The fraction of sp³-hybridized carbons (Fsp3) is 0.176. The smallest absolute Gasteiger partial charge is 0.194 e. The maximum absolute atomic E-state index is 11.9. The van der Waals surface area contributed by atoms with Crippen LogP contribution in [0.1, 0.15) is 27.9 Å². The molecule has 0 spiro atoms. The maximum atomic E-state index is 11.9. The van der Waals surface area contributed by atoms with Gasteiger partial charge >= 0.3 is 0 Å². The zero-order chi connectivity index (χ0) is 14.4. The topological polar surface area (TPSA) is 34.1 Å². The second-order valence-corrected chi connectivity index (χ2v) is 5.78. The molecule has 0 saturated carbocycles. The van der Waals surface area contributed by atoms with Crippen LogP contribution in [0.25, 0.3) is 0 Å². The number of carbonyl (C=O) groups is 2. The summed E-state index contributed by atoms with van der Waals surface area (Å²) in [4.78, 5) is 23.4. The lowest BCUT2D eigenvalue weighted by molar-refractivity contribution is -0.110. The highest BCUT2D eigenvalue weighted by Crippen LogP contribution is 2.21. The van der Waals surface area contributed by atoms with Crippen LogP contribution in [0.4, 0.5) is 0 Å². The minimum atomic E-state index is 0.160. The Balaban J connectivity index is 1.85. The summed E-state index contributed by atoms with van der Waals surface area (Å²) in [6.45, 7) is 2.03. The molecule has 2 aromatic rings. The number of rotatable bonds is 5. The second kappa shape index (κ2) is 7.06. The molecule has 0 unspecified atom stereocenters. The van der Waals surface area contributed by atoms with Crippen molar-refractivity contribution in [3.63, 3.8) is 0 Å². The second-order valence-electron chi connectivity index (χ2n) is 4.65. The average Bonchev–Trinajstić information content (AvgIpc) is 2.48. The molecule has 0 fully saturated rings. The van der Waals surface area contributed by atoms with Gasteiger partial charge in [0.25, 0.3) is 0 Å². The van der Waals surface area contributed by atoms with Crippen molar-refractivity contribution in [1.82, 2.24) is 0 Å². The minimum absolute atomic E-state index is 0.160.